The van der Waals surface area contributed by atoms with Gasteiger partial charge in [0, 0.05) is 34.7 Å². The van der Waals surface area contributed by atoms with Gasteiger partial charge in [0.15, 0.2) is 6.04 Å². The number of aromatic nitrogens is 5. The summed E-state index contributed by atoms with van der Waals surface area (Å²) in [4.78, 5) is 10.5. The third-order valence-corrected chi connectivity index (χ3v) is 10.9. The van der Waals surface area contributed by atoms with Gasteiger partial charge in [0.05, 0.1) is 39.3 Å². The van der Waals surface area contributed by atoms with Crippen molar-refractivity contribution in [3.63, 3.8) is 0 Å². The summed E-state index contributed by atoms with van der Waals surface area (Å²) in [5.41, 5.74) is 11.4. The summed E-state index contributed by atoms with van der Waals surface area (Å²) in [6.45, 7) is 2.24. The molecule has 0 fully saturated rings. The Balaban J connectivity index is 1.28. The standard InChI is InChI=1S/C46H33N6/c1-29-45(48-44-19-11-12-24-50(29)44)51-39-22-20-32(30-13-5-3-6-14-30)25-34(39)36-27-37-35-26-33(31-15-7-4-8-16-31)21-23-40(35)52(43(37)28-42(36)51)46-47-38-17-9-10-18-41(38)49(46)2/h3-29H,1-2H3/q+1. The Kier molecular flexibility index (Phi) is 6.05. The van der Waals surface area contributed by atoms with Crippen LogP contribution in [0, 0.1) is 0 Å². The van der Waals surface area contributed by atoms with Crippen LogP contribution in [0.2, 0.25) is 0 Å². The molecule has 11 rings (SSSR count). The topological polar surface area (TPSA) is 43.9 Å². The third kappa shape index (κ3) is 4.09. The second-order valence-electron chi connectivity index (χ2n) is 13.8. The van der Waals surface area contributed by atoms with E-state index >= 15 is 0 Å². The molecule has 6 aromatic carbocycles. The molecule has 1 aliphatic rings. The van der Waals surface area contributed by atoms with E-state index in [0.717, 1.165) is 50.7 Å². The number of hydrogen-bond donors (Lipinski definition) is 0. The smallest absolute Gasteiger partial charge is 0.313 e. The van der Waals surface area contributed by atoms with Crippen LogP contribution in [-0.4, -0.2) is 24.5 Å². The number of hydrogen-bond acceptors (Lipinski definition) is 2. The minimum Gasteiger partial charge on any atom is -0.313 e. The Morgan fingerprint density at radius 2 is 1.08 bits per heavy atom. The van der Waals surface area contributed by atoms with E-state index in [4.69, 9.17) is 9.98 Å². The first-order valence-electron chi connectivity index (χ1n) is 17.8. The zero-order chi connectivity index (χ0) is 34.5. The first-order valence-corrected chi connectivity index (χ1v) is 17.8. The maximum atomic E-state index is 5.27. The lowest BCUT2D eigenvalue weighted by Gasteiger charge is -2.10. The summed E-state index contributed by atoms with van der Waals surface area (Å²) < 4.78 is 9.20. The minimum absolute atomic E-state index is 0.0543. The fourth-order valence-electron chi connectivity index (χ4n) is 8.39. The Bertz CT molecular complexity index is 3090. The number of pyridine rings is 1. The van der Waals surface area contributed by atoms with E-state index in [9.17, 15) is 0 Å². The van der Waals surface area contributed by atoms with Crippen molar-refractivity contribution in [2.45, 2.75) is 13.0 Å². The number of para-hydroxylation sites is 2. The second kappa shape index (κ2) is 10.9. The average molecular weight is 670 g/mol. The van der Waals surface area contributed by atoms with Crippen LogP contribution in [0.4, 0.5) is 5.82 Å². The first-order chi connectivity index (χ1) is 25.6. The van der Waals surface area contributed by atoms with Crippen molar-refractivity contribution >= 4 is 66.3 Å². The van der Waals surface area contributed by atoms with Crippen molar-refractivity contribution < 1.29 is 4.57 Å². The Labute approximate surface area is 299 Å². The van der Waals surface area contributed by atoms with E-state index in [1.807, 2.05) is 0 Å². The molecule has 0 spiro atoms. The van der Waals surface area contributed by atoms with Crippen LogP contribution in [0.3, 0.4) is 0 Å². The fraction of sp³-hybridized carbons (Fsp3) is 0.0652. The highest BCUT2D eigenvalue weighted by Gasteiger charge is 2.35. The molecule has 5 heterocycles. The summed E-state index contributed by atoms with van der Waals surface area (Å²) in [7, 11) is 2.12. The monoisotopic (exact) mass is 669 g/mol. The molecular weight excluding hydrogens is 637 g/mol. The lowest BCUT2D eigenvalue weighted by Crippen LogP contribution is -2.39. The van der Waals surface area contributed by atoms with Crippen LogP contribution >= 0.6 is 0 Å². The lowest BCUT2D eigenvalue weighted by molar-refractivity contribution is -0.686. The van der Waals surface area contributed by atoms with Gasteiger partial charge in [-0.1, -0.05) is 91.0 Å². The number of imidazole rings is 1. The molecule has 10 aromatic rings. The van der Waals surface area contributed by atoms with Gasteiger partial charge in [-0.05, 0) is 88.8 Å². The summed E-state index contributed by atoms with van der Waals surface area (Å²) in [5, 5.41) is 4.79. The zero-order valence-electron chi connectivity index (χ0n) is 28.8. The van der Waals surface area contributed by atoms with Crippen LogP contribution in [0.5, 0.6) is 0 Å². The fourth-order valence-corrected chi connectivity index (χ4v) is 8.39. The van der Waals surface area contributed by atoms with Crippen molar-refractivity contribution in [2.24, 2.45) is 12.0 Å². The largest absolute Gasteiger partial charge is 0.326 e. The average Bonchev–Trinajstić information content (AvgIpc) is 3.91. The van der Waals surface area contributed by atoms with Gasteiger partial charge >= 0.3 is 5.82 Å². The number of benzene rings is 6. The predicted octanol–water partition coefficient (Wildman–Crippen LogP) is 10.6. The van der Waals surface area contributed by atoms with Gasteiger partial charge in [-0.2, -0.15) is 0 Å². The van der Waals surface area contributed by atoms with Crippen LogP contribution < -0.4 is 4.57 Å². The lowest BCUT2D eigenvalue weighted by atomic mass is 10.0. The molecule has 0 radical (unpaired) electrons. The molecule has 0 N–H and O–H groups in total. The van der Waals surface area contributed by atoms with Gasteiger partial charge in [-0.25, -0.2) is 9.55 Å². The highest BCUT2D eigenvalue weighted by atomic mass is 15.2. The SMILES string of the molecule is CC1C(n2c3ccc(-c4ccccc4)cc3c3cc4c5cc(-c6ccccc6)ccc5n(-c5nc6ccccc6n5C)c4cc32)=Nc2cccc[n+]21. The van der Waals surface area contributed by atoms with E-state index in [0.29, 0.717) is 0 Å². The Morgan fingerprint density at radius 1 is 0.500 bits per heavy atom. The quantitative estimate of drug-likeness (QED) is 0.173. The van der Waals surface area contributed by atoms with E-state index in [1.165, 1.54) is 43.8 Å². The molecule has 1 atom stereocenters. The molecule has 1 aliphatic heterocycles. The van der Waals surface area contributed by atoms with E-state index in [-0.39, 0.29) is 6.04 Å². The third-order valence-electron chi connectivity index (χ3n) is 10.9. The molecule has 52 heavy (non-hydrogen) atoms. The maximum Gasteiger partial charge on any atom is 0.326 e. The Morgan fingerprint density at radius 3 is 1.73 bits per heavy atom. The molecule has 0 aliphatic carbocycles. The molecule has 246 valence electrons. The van der Waals surface area contributed by atoms with Gasteiger partial charge in [0.25, 0.3) is 5.84 Å². The van der Waals surface area contributed by atoms with Crippen molar-refractivity contribution in [1.29, 1.82) is 0 Å². The van der Waals surface area contributed by atoms with Crippen molar-refractivity contribution in [2.75, 3.05) is 0 Å². The van der Waals surface area contributed by atoms with Gasteiger partial charge in [-0.3, -0.25) is 9.13 Å². The molecule has 0 amide bonds. The summed E-state index contributed by atoms with van der Waals surface area (Å²) in [6, 6.07) is 54.5. The van der Waals surface area contributed by atoms with E-state index in [2.05, 4.69) is 190 Å². The molecule has 0 saturated heterocycles. The van der Waals surface area contributed by atoms with Gasteiger partial charge < -0.3 is 4.57 Å². The van der Waals surface area contributed by atoms with Crippen LogP contribution in [-0.2, 0) is 7.05 Å². The zero-order valence-corrected chi connectivity index (χ0v) is 28.8. The molecule has 6 heteroatoms. The Hall–Kier alpha value is -6.79. The van der Waals surface area contributed by atoms with Gasteiger partial charge in [0.1, 0.15) is 0 Å². The van der Waals surface area contributed by atoms with Gasteiger partial charge in [0.2, 0.25) is 5.95 Å². The molecule has 0 bridgehead atoms. The van der Waals surface area contributed by atoms with E-state index in [1.54, 1.807) is 0 Å². The highest BCUT2D eigenvalue weighted by Crippen LogP contribution is 2.42. The number of rotatable bonds is 3. The molecule has 1 unspecified atom stereocenters. The van der Waals surface area contributed by atoms with E-state index < -0.39 is 0 Å². The van der Waals surface area contributed by atoms with Crippen molar-refractivity contribution in [3.8, 4) is 28.2 Å². The molecular formula is C46H33N6+. The van der Waals surface area contributed by atoms with Gasteiger partial charge in [-0.15, -0.1) is 0 Å². The normalized spacial score (nSPS) is 14.3. The molecule has 6 nitrogen and oxygen atoms in total. The number of aryl methyl sites for hydroxylation is 1. The number of aliphatic imine (C=N–C) groups is 1. The maximum absolute atomic E-state index is 5.27. The summed E-state index contributed by atoms with van der Waals surface area (Å²) in [5.74, 6) is 2.86. The molecule has 0 saturated carbocycles. The number of fused-ring (bicyclic) bond motifs is 8. The van der Waals surface area contributed by atoms with Crippen molar-refractivity contribution in [3.05, 3.63) is 158 Å². The second-order valence-corrected chi connectivity index (χ2v) is 13.8. The minimum atomic E-state index is 0.0543. The van der Waals surface area contributed by atoms with Crippen LogP contribution in [0.25, 0.3) is 82.8 Å². The molecule has 4 aromatic heterocycles. The predicted molar refractivity (Wildman–Crippen MR) is 213 cm³/mol. The first kappa shape index (κ1) is 29.0. The van der Waals surface area contributed by atoms with Crippen LogP contribution in [0.15, 0.2) is 163 Å². The number of nitrogens with zero attached hydrogens (tertiary/aromatic N) is 6. The summed E-state index contributed by atoms with van der Waals surface area (Å²) in [6.07, 6.45) is 2.13. The summed E-state index contributed by atoms with van der Waals surface area (Å²) >= 11 is 0. The highest BCUT2D eigenvalue weighted by molar-refractivity contribution is 6.22. The van der Waals surface area contributed by atoms with Crippen LogP contribution in [0.1, 0.15) is 13.0 Å². The van der Waals surface area contributed by atoms with Crippen molar-refractivity contribution in [1.82, 2.24) is 18.7 Å².